The molecule has 0 bridgehead atoms. The van der Waals surface area contributed by atoms with Crippen molar-refractivity contribution in [1.82, 2.24) is 4.31 Å². The van der Waals surface area contributed by atoms with E-state index in [1.165, 1.54) is 10.4 Å². The number of anilines is 1. The number of hydrogen-bond acceptors (Lipinski definition) is 5. The second-order valence-electron chi connectivity index (χ2n) is 7.46. The SMILES string of the molecule is CCCOC(=O)c1ccc(NC(=O)C2CCN(S(=O)(=O)c3ccc(F)c(Cl)c3)CC2)cc1. The fraction of sp³-hybridized carbons (Fsp3) is 0.364. The van der Waals surface area contributed by atoms with Crippen molar-refractivity contribution >= 4 is 39.2 Å². The summed E-state index contributed by atoms with van der Waals surface area (Å²) in [4.78, 5) is 24.4. The van der Waals surface area contributed by atoms with Gasteiger partial charge in [0.2, 0.25) is 15.9 Å². The van der Waals surface area contributed by atoms with E-state index in [0.29, 0.717) is 30.7 Å². The minimum atomic E-state index is -3.82. The van der Waals surface area contributed by atoms with E-state index in [4.69, 9.17) is 16.3 Å². The molecule has 1 N–H and O–H groups in total. The van der Waals surface area contributed by atoms with E-state index >= 15 is 0 Å². The first-order chi connectivity index (χ1) is 15.2. The van der Waals surface area contributed by atoms with Crippen LogP contribution >= 0.6 is 11.6 Å². The predicted octanol–water partition coefficient (Wildman–Crippen LogP) is 4.09. The number of rotatable bonds is 7. The number of ether oxygens (including phenoxy) is 1. The van der Waals surface area contributed by atoms with Crippen molar-refractivity contribution in [3.05, 3.63) is 58.9 Å². The molecule has 0 aromatic heterocycles. The molecule has 0 atom stereocenters. The first kappa shape index (κ1) is 24.2. The highest BCUT2D eigenvalue weighted by molar-refractivity contribution is 7.89. The predicted molar refractivity (Wildman–Crippen MR) is 119 cm³/mol. The molecule has 0 unspecified atom stereocenters. The summed E-state index contributed by atoms with van der Waals surface area (Å²) in [5, 5.41) is 2.54. The van der Waals surface area contributed by atoms with Crippen LogP contribution in [0.1, 0.15) is 36.5 Å². The number of carbonyl (C=O) groups is 2. The van der Waals surface area contributed by atoms with Crippen LogP contribution < -0.4 is 5.32 Å². The molecule has 1 heterocycles. The lowest BCUT2D eigenvalue weighted by atomic mass is 9.97. The van der Waals surface area contributed by atoms with Crippen molar-refractivity contribution in [2.45, 2.75) is 31.1 Å². The Balaban J connectivity index is 1.56. The van der Waals surface area contributed by atoms with Crippen molar-refractivity contribution in [3.63, 3.8) is 0 Å². The first-order valence-electron chi connectivity index (χ1n) is 10.3. The van der Waals surface area contributed by atoms with Gasteiger partial charge in [0.15, 0.2) is 0 Å². The number of esters is 1. The summed E-state index contributed by atoms with van der Waals surface area (Å²) >= 11 is 5.71. The Labute approximate surface area is 191 Å². The molecule has 1 aliphatic rings. The third kappa shape index (κ3) is 5.65. The third-order valence-electron chi connectivity index (χ3n) is 5.18. The van der Waals surface area contributed by atoms with E-state index in [9.17, 15) is 22.4 Å². The lowest BCUT2D eigenvalue weighted by Crippen LogP contribution is -2.41. The Morgan fingerprint density at radius 3 is 2.41 bits per heavy atom. The molecular formula is C22H24ClFN2O5S. The van der Waals surface area contributed by atoms with Crippen molar-refractivity contribution < 1.29 is 27.1 Å². The van der Waals surface area contributed by atoms with Crippen LogP contribution in [0.25, 0.3) is 0 Å². The Morgan fingerprint density at radius 2 is 1.81 bits per heavy atom. The summed E-state index contributed by atoms with van der Waals surface area (Å²) in [7, 11) is -3.82. The number of sulfonamides is 1. The van der Waals surface area contributed by atoms with Gasteiger partial charge in [-0.2, -0.15) is 4.31 Å². The lowest BCUT2D eigenvalue weighted by molar-refractivity contribution is -0.120. The van der Waals surface area contributed by atoms with Gasteiger partial charge < -0.3 is 10.1 Å². The van der Waals surface area contributed by atoms with Gasteiger partial charge in [-0.3, -0.25) is 4.79 Å². The molecule has 3 rings (SSSR count). The molecule has 32 heavy (non-hydrogen) atoms. The topological polar surface area (TPSA) is 92.8 Å². The van der Waals surface area contributed by atoms with Crippen molar-refractivity contribution in [2.24, 2.45) is 5.92 Å². The van der Waals surface area contributed by atoms with Gasteiger partial charge in [-0.1, -0.05) is 18.5 Å². The fourth-order valence-electron chi connectivity index (χ4n) is 3.36. The van der Waals surface area contributed by atoms with Gasteiger partial charge >= 0.3 is 5.97 Å². The normalized spacial score (nSPS) is 15.3. The largest absolute Gasteiger partial charge is 0.462 e. The minimum Gasteiger partial charge on any atom is -0.462 e. The Bertz CT molecular complexity index is 1080. The molecule has 2 aromatic rings. The van der Waals surface area contributed by atoms with Crippen LogP contribution in [0.5, 0.6) is 0 Å². The highest BCUT2D eigenvalue weighted by Crippen LogP contribution is 2.27. The van der Waals surface area contributed by atoms with E-state index in [1.54, 1.807) is 24.3 Å². The van der Waals surface area contributed by atoms with Crippen LogP contribution in [-0.2, 0) is 19.6 Å². The summed E-state index contributed by atoms with van der Waals surface area (Å²) < 4.78 is 45.3. The highest BCUT2D eigenvalue weighted by atomic mass is 35.5. The number of hydrogen-bond donors (Lipinski definition) is 1. The quantitative estimate of drug-likeness (QED) is 0.600. The van der Waals surface area contributed by atoms with Crippen molar-refractivity contribution in [2.75, 3.05) is 25.0 Å². The molecule has 7 nitrogen and oxygen atoms in total. The second kappa shape index (κ2) is 10.4. The van der Waals surface area contributed by atoms with E-state index < -0.39 is 21.8 Å². The lowest BCUT2D eigenvalue weighted by Gasteiger charge is -2.30. The molecule has 1 saturated heterocycles. The zero-order valence-corrected chi connectivity index (χ0v) is 19.1. The Hall–Kier alpha value is -2.49. The summed E-state index contributed by atoms with van der Waals surface area (Å²) in [6.07, 6.45) is 1.43. The van der Waals surface area contributed by atoms with Crippen LogP contribution in [0.3, 0.4) is 0 Å². The van der Waals surface area contributed by atoms with Gasteiger partial charge in [-0.25, -0.2) is 17.6 Å². The number of nitrogens with one attached hydrogen (secondary N) is 1. The number of halogens is 2. The number of carbonyl (C=O) groups excluding carboxylic acids is 2. The smallest absolute Gasteiger partial charge is 0.338 e. The van der Waals surface area contributed by atoms with Gasteiger partial charge in [0.25, 0.3) is 0 Å². The average Bonchev–Trinajstić information content (AvgIpc) is 2.79. The Kier molecular flexibility index (Phi) is 7.86. The molecular weight excluding hydrogens is 459 g/mol. The van der Waals surface area contributed by atoms with Gasteiger partial charge in [0, 0.05) is 24.7 Å². The van der Waals surface area contributed by atoms with Crippen molar-refractivity contribution in [1.29, 1.82) is 0 Å². The summed E-state index contributed by atoms with van der Waals surface area (Å²) in [5.41, 5.74) is 0.939. The van der Waals surface area contributed by atoms with Gasteiger partial charge in [0.1, 0.15) is 5.82 Å². The molecule has 0 aliphatic carbocycles. The number of nitrogens with zero attached hydrogens (tertiary/aromatic N) is 1. The molecule has 0 spiro atoms. The standard InChI is InChI=1S/C22H24ClFN2O5S/c1-2-13-31-22(28)16-3-5-17(6-4-16)25-21(27)15-9-11-26(12-10-15)32(29,30)18-7-8-20(24)19(23)14-18/h3-8,14-15H,2,9-13H2,1H3,(H,25,27). The number of piperidine rings is 1. The van der Waals surface area contributed by atoms with Crippen LogP contribution in [0.15, 0.2) is 47.4 Å². The van der Waals surface area contributed by atoms with Crippen LogP contribution in [0, 0.1) is 11.7 Å². The van der Waals surface area contributed by atoms with Crippen LogP contribution in [0.4, 0.5) is 10.1 Å². The molecule has 10 heteroatoms. The molecule has 0 saturated carbocycles. The second-order valence-corrected chi connectivity index (χ2v) is 9.80. The monoisotopic (exact) mass is 482 g/mol. The van der Waals surface area contributed by atoms with Gasteiger partial charge in [-0.15, -0.1) is 0 Å². The Morgan fingerprint density at radius 1 is 1.16 bits per heavy atom. The average molecular weight is 483 g/mol. The first-order valence-corrected chi connectivity index (χ1v) is 12.1. The highest BCUT2D eigenvalue weighted by Gasteiger charge is 2.32. The van der Waals surface area contributed by atoms with E-state index in [2.05, 4.69) is 5.32 Å². The van der Waals surface area contributed by atoms with Gasteiger partial charge in [-0.05, 0) is 61.7 Å². The molecule has 0 radical (unpaired) electrons. The maximum absolute atomic E-state index is 13.4. The van der Waals surface area contributed by atoms with E-state index in [0.717, 1.165) is 18.6 Å². The van der Waals surface area contributed by atoms with Gasteiger partial charge in [0.05, 0.1) is 22.1 Å². The minimum absolute atomic E-state index is 0.0793. The number of benzene rings is 2. The molecule has 1 amide bonds. The fourth-order valence-corrected chi connectivity index (χ4v) is 5.10. The molecule has 172 valence electrons. The van der Waals surface area contributed by atoms with Crippen LogP contribution in [-0.4, -0.2) is 44.3 Å². The molecule has 2 aromatic carbocycles. The van der Waals surface area contributed by atoms with E-state index in [1.807, 2.05) is 6.92 Å². The molecule has 1 aliphatic heterocycles. The van der Waals surface area contributed by atoms with E-state index in [-0.39, 0.29) is 34.8 Å². The summed E-state index contributed by atoms with van der Waals surface area (Å²) in [5.74, 6) is -1.67. The van der Waals surface area contributed by atoms with Crippen LogP contribution in [0.2, 0.25) is 5.02 Å². The maximum Gasteiger partial charge on any atom is 0.338 e. The number of amides is 1. The summed E-state index contributed by atoms with van der Waals surface area (Å²) in [6, 6.07) is 9.69. The molecule has 1 fully saturated rings. The maximum atomic E-state index is 13.4. The third-order valence-corrected chi connectivity index (χ3v) is 7.36. The zero-order chi connectivity index (χ0) is 23.3. The summed E-state index contributed by atoms with van der Waals surface area (Å²) in [6.45, 7) is 2.58. The van der Waals surface area contributed by atoms with Crippen molar-refractivity contribution in [3.8, 4) is 0 Å². The zero-order valence-electron chi connectivity index (χ0n) is 17.5.